The molecule has 0 atom stereocenters. The van der Waals surface area contributed by atoms with E-state index in [9.17, 15) is 22.8 Å². The second-order valence-corrected chi connectivity index (χ2v) is 6.44. The van der Waals surface area contributed by atoms with Gasteiger partial charge in [0.05, 0.1) is 11.9 Å². The van der Waals surface area contributed by atoms with Crippen LogP contribution >= 0.6 is 0 Å². The third kappa shape index (κ3) is 5.83. The second-order valence-electron chi connectivity index (χ2n) is 6.44. The fraction of sp³-hybridized carbons (Fsp3) is 0.389. The average molecular weight is 382 g/mol. The lowest BCUT2D eigenvalue weighted by molar-refractivity contribution is -0.137. The summed E-state index contributed by atoms with van der Waals surface area (Å²) < 4.78 is 37.7. The highest BCUT2D eigenvalue weighted by Gasteiger charge is 2.30. The van der Waals surface area contributed by atoms with Crippen molar-refractivity contribution in [2.45, 2.75) is 33.0 Å². The Hall–Kier alpha value is -2.84. The average Bonchev–Trinajstić information content (AvgIpc) is 3.08. The number of hydrogen-bond acceptors (Lipinski definition) is 3. The number of hydrogen-bond donors (Lipinski definition) is 3. The maximum Gasteiger partial charge on any atom is 0.416 e. The lowest BCUT2D eigenvalue weighted by Crippen LogP contribution is -2.30. The van der Waals surface area contributed by atoms with Gasteiger partial charge in [-0.2, -0.15) is 13.2 Å². The zero-order valence-electron chi connectivity index (χ0n) is 15.0. The number of alkyl halides is 3. The Morgan fingerprint density at radius 3 is 2.37 bits per heavy atom. The van der Waals surface area contributed by atoms with E-state index in [1.807, 2.05) is 13.8 Å². The largest absolute Gasteiger partial charge is 0.416 e. The van der Waals surface area contributed by atoms with Gasteiger partial charge in [0.25, 0.3) is 11.8 Å². The molecule has 1 heterocycles. The van der Waals surface area contributed by atoms with E-state index >= 15 is 0 Å². The van der Waals surface area contributed by atoms with E-state index in [0.29, 0.717) is 18.0 Å². The molecule has 0 spiro atoms. The minimum atomic E-state index is -4.41. The van der Waals surface area contributed by atoms with Crippen LogP contribution in [0.5, 0.6) is 0 Å². The standard InChI is InChI=1S/C18H21F3N4O2/c1-11(2)7-8-22-16(26)14-15(25-10-24-14)17(27)23-9-12-3-5-13(6-4-12)18(19,20)21/h3-6,10-11H,7-9H2,1-2H3,(H,22,26)(H,23,27)(H,24,25). The molecule has 0 aliphatic rings. The van der Waals surface area contributed by atoms with E-state index in [0.717, 1.165) is 18.6 Å². The zero-order chi connectivity index (χ0) is 20.0. The zero-order valence-corrected chi connectivity index (χ0v) is 15.0. The number of carbonyl (C=O) groups excluding carboxylic acids is 2. The summed E-state index contributed by atoms with van der Waals surface area (Å²) in [7, 11) is 0. The van der Waals surface area contributed by atoms with Crippen LogP contribution < -0.4 is 10.6 Å². The molecule has 1 aromatic carbocycles. The first-order valence-corrected chi connectivity index (χ1v) is 8.44. The molecule has 0 bridgehead atoms. The Labute approximate surface area is 154 Å². The van der Waals surface area contributed by atoms with Crippen LogP contribution in [0.25, 0.3) is 0 Å². The van der Waals surface area contributed by atoms with E-state index in [1.54, 1.807) is 0 Å². The number of nitrogens with zero attached hydrogens (tertiary/aromatic N) is 1. The van der Waals surface area contributed by atoms with Crippen LogP contribution in [0.1, 0.15) is 52.4 Å². The van der Waals surface area contributed by atoms with Crippen molar-refractivity contribution in [3.63, 3.8) is 0 Å². The molecule has 0 fully saturated rings. The van der Waals surface area contributed by atoms with Gasteiger partial charge in [0.15, 0.2) is 5.69 Å². The van der Waals surface area contributed by atoms with Crippen molar-refractivity contribution < 1.29 is 22.8 Å². The minimum Gasteiger partial charge on any atom is -0.351 e. The first-order chi connectivity index (χ1) is 12.7. The van der Waals surface area contributed by atoms with Crippen LogP contribution in [0.4, 0.5) is 13.2 Å². The molecule has 6 nitrogen and oxygen atoms in total. The molecule has 0 saturated heterocycles. The number of halogens is 3. The van der Waals surface area contributed by atoms with Gasteiger partial charge in [0.1, 0.15) is 5.69 Å². The van der Waals surface area contributed by atoms with Crippen molar-refractivity contribution in [1.82, 2.24) is 20.6 Å². The molecule has 0 saturated carbocycles. The van der Waals surface area contributed by atoms with E-state index < -0.39 is 23.6 Å². The van der Waals surface area contributed by atoms with Crippen molar-refractivity contribution in [2.24, 2.45) is 5.92 Å². The molecule has 0 aliphatic carbocycles. The first-order valence-electron chi connectivity index (χ1n) is 8.44. The number of carbonyl (C=O) groups is 2. The number of benzene rings is 1. The fourth-order valence-electron chi connectivity index (χ4n) is 2.28. The molecule has 27 heavy (non-hydrogen) atoms. The Balaban J connectivity index is 1.95. The van der Waals surface area contributed by atoms with Crippen molar-refractivity contribution >= 4 is 11.8 Å². The van der Waals surface area contributed by atoms with Crippen LogP contribution in [0.2, 0.25) is 0 Å². The Morgan fingerprint density at radius 2 is 1.78 bits per heavy atom. The van der Waals surface area contributed by atoms with Crippen LogP contribution in [0.3, 0.4) is 0 Å². The number of imidazole rings is 1. The molecule has 9 heteroatoms. The highest BCUT2D eigenvalue weighted by Crippen LogP contribution is 2.29. The maximum atomic E-state index is 12.6. The molecule has 2 aromatic rings. The van der Waals surface area contributed by atoms with Gasteiger partial charge < -0.3 is 15.6 Å². The number of aromatic nitrogens is 2. The van der Waals surface area contributed by atoms with E-state index in [-0.39, 0.29) is 17.9 Å². The van der Waals surface area contributed by atoms with Gasteiger partial charge >= 0.3 is 6.18 Å². The number of rotatable bonds is 7. The van der Waals surface area contributed by atoms with Gasteiger partial charge in [0, 0.05) is 13.1 Å². The monoisotopic (exact) mass is 382 g/mol. The van der Waals surface area contributed by atoms with Crippen molar-refractivity contribution in [3.05, 3.63) is 53.1 Å². The molecular weight excluding hydrogens is 361 g/mol. The summed E-state index contributed by atoms with van der Waals surface area (Å²) >= 11 is 0. The maximum absolute atomic E-state index is 12.6. The molecule has 0 radical (unpaired) electrons. The summed E-state index contributed by atoms with van der Waals surface area (Å²) in [4.78, 5) is 30.9. The molecular formula is C18H21F3N4O2. The molecule has 3 N–H and O–H groups in total. The van der Waals surface area contributed by atoms with E-state index in [1.165, 1.54) is 18.5 Å². The summed E-state index contributed by atoms with van der Waals surface area (Å²) in [5, 5.41) is 5.26. The predicted molar refractivity (Wildman–Crippen MR) is 93.0 cm³/mol. The van der Waals surface area contributed by atoms with E-state index in [2.05, 4.69) is 20.6 Å². The lowest BCUT2D eigenvalue weighted by atomic mass is 10.1. The molecule has 0 aliphatic heterocycles. The Morgan fingerprint density at radius 1 is 1.11 bits per heavy atom. The molecule has 1 aromatic heterocycles. The third-order valence-electron chi connectivity index (χ3n) is 3.82. The Bertz CT molecular complexity index is 783. The van der Waals surface area contributed by atoms with Crippen molar-refractivity contribution in [1.29, 1.82) is 0 Å². The second kappa shape index (κ2) is 8.70. The number of aromatic amines is 1. The normalized spacial score (nSPS) is 11.5. The number of amides is 2. The molecule has 2 amide bonds. The van der Waals surface area contributed by atoms with Gasteiger partial charge in [-0.05, 0) is 30.0 Å². The lowest BCUT2D eigenvalue weighted by Gasteiger charge is -2.09. The van der Waals surface area contributed by atoms with Crippen LogP contribution in [-0.4, -0.2) is 28.3 Å². The quantitative estimate of drug-likeness (QED) is 0.688. The summed E-state index contributed by atoms with van der Waals surface area (Å²) in [5.74, 6) is -0.603. The third-order valence-corrected chi connectivity index (χ3v) is 3.82. The van der Waals surface area contributed by atoms with Gasteiger partial charge in [-0.3, -0.25) is 9.59 Å². The van der Waals surface area contributed by atoms with Crippen LogP contribution in [-0.2, 0) is 12.7 Å². The van der Waals surface area contributed by atoms with Crippen LogP contribution in [0, 0.1) is 5.92 Å². The Kier molecular flexibility index (Phi) is 6.59. The fourth-order valence-corrected chi connectivity index (χ4v) is 2.28. The summed E-state index contributed by atoms with van der Waals surface area (Å²) in [6, 6.07) is 4.47. The number of H-pyrrole nitrogens is 1. The first kappa shape index (κ1) is 20.5. The van der Waals surface area contributed by atoms with E-state index in [4.69, 9.17) is 0 Å². The minimum absolute atomic E-state index is 0.00367. The van der Waals surface area contributed by atoms with Crippen molar-refractivity contribution in [2.75, 3.05) is 6.54 Å². The topological polar surface area (TPSA) is 86.9 Å². The molecule has 146 valence electrons. The highest BCUT2D eigenvalue weighted by molar-refractivity contribution is 6.04. The molecule has 2 rings (SSSR count). The van der Waals surface area contributed by atoms with Gasteiger partial charge in [0.2, 0.25) is 0 Å². The highest BCUT2D eigenvalue weighted by atomic mass is 19.4. The van der Waals surface area contributed by atoms with Gasteiger partial charge in [-0.1, -0.05) is 26.0 Å². The molecule has 0 unspecified atom stereocenters. The van der Waals surface area contributed by atoms with Gasteiger partial charge in [-0.25, -0.2) is 4.98 Å². The summed E-state index contributed by atoms with van der Waals surface area (Å²) in [6.45, 7) is 4.54. The van der Waals surface area contributed by atoms with Crippen molar-refractivity contribution in [3.8, 4) is 0 Å². The summed E-state index contributed by atoms with van der Waals surface area (Å²) in [6.07, 6.45) is -2.37. The number of nitrogens with one attached hydrogen (secondary N) is 3. The SMILES string of the molecule is CC(C)CCNC(=O)c1nc[nH]c1C(=O)NCc1ccc(C(F)(F)F)cc1. The summed E-state index contributed by atoms with van der Waals surface area (Å²) in [5.41, 5.74) is -0.280. The predicted octanol–water partition coefficient (Wildman–Crippen LogP) is 3.13. The van der Waals surface area contributed by atoms with Gasteiger partial charge in [-0.15, -0.1) is 0 Å². The smallest absolute Gasteiger partial charge is 0.351 e. The van der Waals surface area contributed by atoms with Crippen LogP contribution in [0.15, 0.2) is 30.6 Å².